The van der Waals surface area contributed by atoms with Crippen molar-refractivity contribution in [3.63, 3.8) is 0 Å². The zero-order valence-corrected chi connectivity index (χ0v) is 14.6. The molecule has 0 saturated carbocycles. The Hall–Kier alpha value is -1.63. The Morgan fingerprint density at radius 3 is 2.92 bits per heavy atom. The Balaban J connectivity index is 1.46. The largest absolute Gasteiger partial charge is 0.381 e. The van der Waals surface area contributed by atoms with Crippen LogP contribution in [0.15, 0.2) is 0 Å². The normalized spacial score (nSPS) is 27.2. The fourth-order valence-electron chi connectivity index (χ4n) is 4.24. The first-order valence-electron chi connectivity index (χ1n) is 9.13. The van der Waals surface area contributed by atoms with Crippen molar-refractivity contribution in [3.8, 4) is 0 Å². The monoisotopic (exact) mass is 333 g/mol. The minimum atomic E-state index is -0.0896. The zero-order chi connectivity index (χ0) is 16.7. The summed E-state index contributed by atoms with van der Waals surface area (Å²) in [6, 6.07) is -0.0685. The van der Waals surface area contributed by atoms with Gasteiger partial charge in [0.25, 0.3) is 0 Å². The van der Waals surface area contributed by atoms with E-state index in [2.05, 4.69) is 33.9 Å². The summed E-state index contributed by atoms with van der Waals surface area (Å²) in [6.45, 7) is 8.45. The molecule has 0 aromatic carbocycles. The van der Waals surface area contributed by atoms with Crippen LogP contribution >= 0.6 is 0 Å². The van der Waals surface area contributed by atoms with Crippen LogP contribution in [0.25, 0.3) is 0 Å². The Labute approximate surface area is 142 Å². The van der Waals surface area contributed by atoms with Crippen LogP contribution in [0.5, 0.6) is 0 Å². The van der Waals surface area contributed by atoms with Crippen LogP contribution in [-0.4, -0.2) is 52.0 Å². The molecule has 0 bridgehead atoms. The van der Waals surface area contributed by atoms with Crippen molar-refractivity contribution in [3.05, 3.63) is 11.6 Å². The fourth-order valence-corrected chi connectivity index (χ4v) is 4.24. The highest BCUT2D eigenvalue weighted by atomic mass is 16.5. The molecule has 0 aliphatic carbocycles. The SMILES string of the molecule is CC(C)C(NC(=O)N1CCC2(CCOC2)C1)c1nnc2n1CCC2. The molecule has 24 heavy (non-hydrogen) atoms. The van der Waals surface area contributed by atoms with Gasteiger partial charge in [0, 0.05) is 38.1 Å². The van der Waals surface area contributed by atoms with E-state index >= 15 is 0 Å². The van der Waals surface area contributed by atoms with Crippen LogP contribution < -0.4 is 5.32 Å². The zero-order valence-electron chi connectivity index (χ0n) is 14.6. The van der Waals surface area contributed by atoms with Gasteiger partial charge in [-0.15, -0.1) is 10.2 Å². The van der Waals surface area contributed by atoms with Crippen LogP contribution in [-0.2, 0) is 17.7 Å². The molecule has 2 amide bonds. The number of aryl methyl sites for hydroxylation is 1. The van der Waals surface area contributed by atoms with Crippen molar-refractivity contribution in [2.75, 3.05) is 26.3 Å². The summed E-state index contributed by atoms with van der Waals surface area (Å²) in [5.74, 6) is 2.23. The second-order valence-electron chi connectivity index (χ2n) is 7.87. The number of carbonyl (C=O) groups is 1. The van der Waals surface area contributed by atoms with Crippen molar-refractivity contribution < 1.29 is 9.53 Å². The summed E-state index contributed by atoms with van der Waals surface area (Å²) in [4.78, 5) is 14.8. The minimum absolute atomic E-state index is 0.0211. The molecule has 1 aromatic heterocycles. The van der Waals surface area contributed by atoms with Crippen LogP contribution in [0.4, 0.5) is 4.79 Å². The number of amides is 2. The second kappa shape index (κ2) is 6.02. The molecule has 1 spiro atoms. The first-order valence-corrected chi connectivity index (χ1v) is 9.13. The highest BCUT2D eigenvalue weighted by Gasteiger charge is 2.43. The summed E-state index contributed by atoms with van der Waals surface area (Å²) in [7, 11) is 0. The van der Waals surface area contributed by atoms with Gasteiger partial charge in [0.05, 0.1) is 12.6 Å². The van der Waals surface area contributed by atoms with Gasteiger partial charge >= 0.3 is 6.03 Å². The van der Waals surface area contributed by atoms with Crippen LogP contribution in [0.3, 0.4) is 0 Å². The Bertz CT molecular complexity index is 620. The van der Waals surface area contributed by atoms with Crippen LogP contribution in [0, 0.1) is 11.3 Å². The van der Waals surface area contributed by atoms with E-state index in [4.69, 9.17) is 4.74 Å². The molecule has 2 fully saturated rings. The molecule has 2 saturated heterocycles. The summed E-state index contributed by atoms with van der Waals surface area (Å²) in [5.41, 5.74) is 0.195. The molecule has 3 aliphatic rings. The highest BCUT2D eigenvalue weighted by Crippen LogP contribution is 2.38. The lowest BCUT2D eigenvalue weighted by atomic mass is 9.87. The molecule has 0 radical (unpaired) electrons. The molecular formula is C17H27N5O2. The van der Waals surface area contributed by atoms with Gasteiger partial charge < -0.3 is 19.5 Å². The fraction of sp³-hybridized carbons (Fsp3) is 0.824. The number of hydrogen-bond acceptors (Lipinski definition) is 4. The summed E-state index contributed by atoms with van der Waals surface area (Å²) in [5, 5.41) is 11.9. The minimum Gasteiger partial charge on any atom is -0.381 e. The number of urea groups is 1. The van der Waals surface area contributed by atoms with Gasteiger partial charge in [0.2, 0.25) is 0 Å². The van der Waals surface area contributed by atoms with Crippen molar-refractivity contribution in [2.24, 2.45) is 11.3 Å². The molecule has 2 atom stereocenters. The molecule has 7 nitrogen and oxygen atoms in total. The van der Waals surface area contributed by atoms with Gasteiger partial charge in [-0.3, -0.25) is 0 Å². The van der Waals surface area contributed by atoms with E-state index in [0.29, 0.717) is 0 Å². The third-order valence-corrected chi connectivity index (χ3v) is 5.77. The molecule has 7 heteroatoms. The lowest BCUT2D eigenvalue weighted by Crippen LogP contribution is -2.43. The molecule has 4 rings (SSSR count). The molecular weight excluding hydrogens is 306 g/mol. The van der Waals surface area contributed by atoms with E-state index in [-0.39, 0.29) is 23.4 Å². The van der Waals surface area contributed by atoms with Gasteiger partial charge in [-0.2, -0.15) is 0 Å². The van der Waals surface area contributed by atoms with Gasteiger partial charge in [-0.1, -0.05) is 13.8 Å². The lowest BCUT2D eigenvalue weighted by molar-refractivity contribution is 0.151. The quantitative estimate of drug-likeness (QED) is 0.914. The van der Waals surface area contributed by atoms with Gasteiger partial charge in [0.15, 0.2) is 5.82 Å². The van der Waals surface area contributed by atoms with Crippen molar-refractivity contribution >= 4 is 6.03 Å². The van der Waals surface area contributed by atoms with Crippen LogP contribution in [0.2, 0.25) is 0 Å². The van der Waals surface area contributed by atoms with Crippen molar-refractivity contribution in [2.45, 2.75) is 52.1 Å². The molecule has 4 heterocycles. The third kappa shape index (κ3) is 2.68. The molecule has 2 unspecified atom stereocenters. The van der Waals surface area contributed by atoms with Crippen LogP contribution in [0.1, 0.15) is 50.8 Å². The first-order chi connectivity index (χ1) is 11.6. The average Bonchev–Trinajstić information content (AvgIpc) is 3.31. The first kappa shape index (κ1) is 15.9. The van der Waals surface area contributed by atoms with Crippen molar-refractivity contribution in [1.82, 2.24) is 25.0 Å². The van der Waals surface area contributed by atoms with Crippen molar-refractivity contribution in [1.29, 1.82) is 0 Å². The van der Waals surface area contributed by atoms with E-state index in [9.17, 15) is 4.79 Å². The van der Waals surface area contributed by atoms with Gasteiger partial charge in [0.1, 0.15) is 5.82 Å². The number of hydrogen-bond donors (Lipinski definition) is 1. The Kier molecular flexibility index (Phi) is 3.98. The van der Waals surface area contributed by atoms with E-state index in [1.807, 2.05) is 4.90 Å². The molecule has 1 N–H and O–H groups in total. The van der Waals surface area contributed by atoms with E-state index in [0.717, 1.165) is 70.2 Å². The number of likely N-dealkylation sites (tertiary alicyclic amines) is 1. The third-order valence-electron chi connectivity index (χ3n) is 5.77. The summed E-state index contributed by atoms with van der Waals surface area (Å²) < 4.78 is 7.74. The number of nitrogens with zero attached hydrogens (tertiary/aromatic N) is 4. The average molecular weight is 333 g/mol. The topological polar surface area (TPSA) is 72.3 Å². The van der Waals surface area contributed by atoms with E-state index < -0.39 is 0 Å². The van der Waals surface area contributed by atoms with Gasteiger partial charge in [-0.25, -0.2) is 4.79 Å². The second-order valence-corrected chi connectivity index (χ2v) is 7.87. The maximum absolute atomic E-state index is 12.8. The maximum atomic E-state index is 12.8. The lowest BCUT2D eigenvalue weighted by Gasteiger charge is -2.27. The highest BCUT2D eigenvalue weighted by molar-refractivity contribution is 5.75. The predicted octanol–water partition coefficient (Wildman–Crippen LogP) is 1.74. The number of rotatable bonds is 3. The molecule has 132 valence electrons. The Morgan fingerprint density at radius 2 is 2.17 bits per heavy atom. The molecule has 3 aliphatic heterocycles. The standard InChI is InChI=1S/C17H27N5O2/c1-12(2)14(15-20-19-13-4-3-7-22(13)15)18-16(23)21-8-5-17(10-21)6-9-24-11-17/h12,14H,3-11H2,1-2H3,(H,18,23). The number of ether oxygens (including phenoxy) is 1. The predicted molar refractivity (Wildman–Crippen MR) is 88.5 cm³/mol. The van der Waals surface area contributed by atoms with E-state index in [1.54, 1.807) is 0 Å². The van der Waals surface area contributed by atoms with Gasteiger partial charge in [-0.05, 0) is 25.2 Å². The number of carbonyl (C=O) groups excluding carboxylic acids is 1. The molecule has 1 aromatic rings. The number of fused-ring (bicyclic) bond motifs is 1. The Morgan fingerprint density at radius 1 is 1.29 bits per heavy atom. The number of aromatic nitrogens is 3. The summed E-state index contributed by atoms with van der Waals surface area (Å²) >= 11 is 0. The van der Waals surface area contributed by atoms with E-state index in [1.165, 1.54) is 0 Å². The smallest absolute Gasteiger partial charge is 0.318 e. The summed E-state index contributed by atoms with van der Waals surface area (Å²) in [6.07, 6.45) is 4.22. The maximum Gasteiger partial charge on any atom is 0.318 e. The number of nitrogens with one attached hydrogen (secondary N) is 1.